The number of carbonyl (C=O) groups is 1. The highest BCUT2D eigenvalue weighted by Crippen LogP contribution is 2.16. The third kappa shape index (κ3) is 3.83. The Balaban J connectivity index is 2.21. The van der Waals surface area contributed by atoms with E-state index in [0.717, 1.165) is 16.9 Å². The molecule has 0 unspecified atom stereocenters. The molecule has 4 heteroatoms. The molecule has 1 amide bonds. The molecule has 0 atom stereocenters. The molecule has 0 saturated heterocycles. The van der Waals surface area contributed by atoms with Crippen LogP contribution in [0.1, 0.15) is 22.6 Å². The van der Waals surface area contributed by atoms with Crippen LogP contribution in [0.2, 0.25) is 0 Å². The van der Waals surface area contributed by atoms with Crippen molar-refractivity contribution in [1.29, 1.82) is 5.26 Å². The van der Waals surface area contributed by atoms with E-state index in [1.165, 1.54) is 6.08 Å². The van der Waals surface area contributed by atoms with E-state index in [1.54, 1.807) is 19.1 Å². The summed E-state index contributed by atoms with van der Waals surface area (Å²) in [5, 5.41) is 11.9. The van der Waals surface area contributed by atoms with Crippen LogP contribution < -0.4 is 5.32 Å². The first-order valence-corrected chi connectivity index (χ1v) is 6.56. The monoisotopic (exact) mass is 280 g/mol. The summed E-state index contributed by atoms with van der Waals surface area (Å²) in [4.78, 5) is 12.1. The van der Waals surface area contributed by atoms with Crippen molar-refractivity contribution in [3.63, 3.8) is 0 Å². The van der Waals surface area contributed by atoms with Gasteiger partial charge in [-0.05, 0) is 56.2 Å². The molecule has 0 aliphatic rings. The zero-order valence-corrected chi connectivity index (χ0v) is 12.2. The predicted octanol–water partition coefficient (Wildman–Crippen LogP) is 3.75. The number of nitriles is 1. The van der Waals surface area contributed by atoms with E-state index in [9.17, 15) is 4.79 Å². The van der Waals surface area contributed by atoms with Crippen LogP contribution in [0.15, 0.2) is 40.3 Å². The van der Waals surface area contributed by atoms with Gasteiger partial charge in [0, 0.05) is 11.8 Å². The van der Waals surface area contributed by atoms with Gasteiger partial charge in [-0.1, -0.05) is 6.07 Å². The second-order valence-electron chi connectivity index (χ2n) is 4.95. The number of benzene rings is 1. The van der Waals surface area contributed by atoms with Gasteiger partial charge < -0.3 is 9.73 Å². The molecule has 0 saturated carbocycles. The van der Waals surface area contributed by atoms with Crippen LogP contribution in [0.3, 0.4) is 0 Å². The van der Waals surface area contributed by atoms with Crippen molar-refractivity contribution in [3.8, 4) is 6.07 Å². The average molecular weight is 280 g/mol. The van der Waals surface area contributed by atoms with Gasteiger partial charge in [0.2, 0.25) is 0 Å². The predicted molar refractivity (Wildman–Crippen MR) is 81.6 cm³/mol. The maximum absolute atomic E-state index is 12.1. The molecule has 4 nitrogen and oxygen atoms in total. The number of nitrogens with zero attached hydrogens (tertiary/aromatic N) is 1. The molecule has 0 aliphatic carbocycles. The van der Waals surface area contributed by atoms with Gasteiger partial charge in [0.05, 0.1) is 0 Å². The molecule has 0 radical (unpaired) electrons. The number of hydrogen-bond acceptors (Lipinski definition) is 3. The second-order valence-corrected chi connectivity index (χ2v) is 4.95. The summed E-state index contributed by atoms with van der Waals surface area (Å²) in [5.41, 5.74) is 2.78. The summed E-state index contributed by atoms with van der Waals surface area (Å²) in [6.45, 7) is 5.71. The molecule has 21 heavy (non-hydrogen) atoms. The van der Waals surface area contributed by atoms with E-state index in [4.69, 9.17) is 9.68 Å². The molecule has 0 spiro atoms. The van der Waals surface area contributed by atoms with Crippen LogP contribution in [0.25, 0.3) is 6.08 Å². The molecule has 106 valence electrons. The molecule has 0 bridgehead atoms. The molecule has 0 aliphatic heterocycles. The lowest BCUT2D eigenvalue weighted by molar-refractivity contribution is -0.112. The molecule has 1 N–H and O–H groups in total. The molecule has 1 heterocycles. The number of rotatable bonds is 3. The van der Waals surface area contributed by atoms with Crippen LogP contribution in [0, 0.1) is 32.1 Å². The Kier molecular flexibility index (Phi) is 4.24. The summed E-state index contributed by atoms with van der Waals surface area (Å²) in [5.74, 6) is 0.768. The lowest BCUT2D eigenvalue weighted by atomic mass is 10.1. The number of anilines is 1. The Morgan fingerprint density at radius 1 is 1.19 bits per heavy atom. The Morgan fingerprint density at radius 3 is 2.38 bits per heavy atom. The minimum absolute atomic E-state index is 0.00325. The Bertz CT molecular complexity index is 728. The zero-order valence-electron chi connectivity index (χ0n) is 12.2. The molecular weight excluding hydrogens is 264 g/mol. The van der Waals surface area contributed by atoms with Crippen molar-refractivity contribution in [2.45, 2.75) is 20.8 Å². The van der Waals surface area contributed by atoms with E-state index >= 15 is 0 Å². The third-order valence-corrected chi connectivity index (χ3v) is 2.89. The number of furan rings is 1. The normalized spacial score (nSPS) is 11.0. The van der Waals surface area contributed by atoms with Gasteiger partial charge in [0.25, 0.3) is 5.91 Å². The lowest BCUT2D eigenvalue weighted by Gasteiger charge is -2.06. The quantitative estimate of drug-likeness (QED) is 0.687. The van der Waals surface area contributed by atoms with E-state index in [1.807, 2.05) is 38.1 Å². The molecule has 2 aromatic rings. The first-order chi connectivity index (χ1) is 9.97. The van der Waals surface area contributed by atoms with Crippen molar-refractivity contribution < 1.29 is 9.21 Å². The molecule has 1 aromatic heterocycles. The van der Waals surface area contributed by atoms with E-state index < -0.39 is 5.91 Å². The Morgan fingerprint density at radius 2 is 1.86 bits per heavy atom. The minimum Gasteiger partial charge on any atom is -0.462 e. The number of carbonyl (C=O) groups excluding carboxylic acids is 1. The topological polar surface area (TPSA) is 66.0 Å². The van der Waals surface area contributed by atoms with Crippen LogP contribution in [-0.4, -0.2) is 5.91 Å². The molecule has 0 fully saturated rings. The first kappa shape index (κ1) is 14.6. The molecule has 1 aromatic carbocycles. The maximum atomic E-state index is 12.1. The highest BCUT2D eigenvalue weighted by atomic mass is 16.3. The SMILES string of the molecule is Cc1cc(C)cc(NC(=O)/C(C#N)=C/c2ccc(C)o2)c1. The minimum atomic E-state index is -0.448. The number of nitrogens with one attached hydrogen (secondary N) is 1. The first-order valence-electron chi connectivity index (χ1n) is 6.56. The van der Waals surface area contributed by atoms with Crippen LogP contribution >= 0.6 is 0 Å². The lowest BCUT2D eigenvalue weighted by Crippen LogP contribution is -2.13. The van der Waals surface area contributed by atoms with E-state index in [0.29, 0.717) is 11.4 Å². The van der Waals surface area contributed by atoms with E-state index in [-0.39, 0.29) is 5.57 Å². The molecular formula is C17H16N2O2. The van der Waals surface area contributed by atoms with Gasteiger partial charge in [-0.25, -0.2) is 0 Å². The fraction of sp³-hybridized carbons (Fsp3) is 0.176. The van der Waals surface area contributed by atoms with E-state index in [2.05, 4.69) is 5.32 Å². The third-order valence-electron chi connectivity index (χ3n) is 2.89. The smallest absolute Gasteiger partial charge is 0.266 e. The van der Waals surface area contributed by atoms with Gasteiger partial charge in [-0.2, -0.15) is 5.26 Å². The summed E-state index contributed by atoms with van der Waals surface area (Å²) in [6, 6.07) is 11.1. The highest BCUT2D eigenvalue weighted by molar-refractivity contribution is 6.09. The van der Waals surface area contributed by atoms with Crippen LogP contribution in [0.4, 0.5) is 5.69 Å². The zero-order chi connectivity index (χ0) is 15.4. The summed E-state index contributed by atoms with van der Waals surface area (Å²) >= 11 is 0. The summed E-state index contributed by atoms with van der Waals surface area (Å²) < 4.78 is 5.35. The Hall–Kier alpha value is -2.80. The van der Waals surface area contributed by atoms with Gasteiger partial charge in [-0.3, -0.25) is 4.79 Å². The molecule has 2 rings (SSSR count). The number of aryl methyl sites for hydroxylation is 3. The number of hydrogen-bond donors (Lipinski definition) is 1. The van der Waals surface area contributed by atoms with Crippen molar-refractivity contribution in [2.24, 2.45) is 0 Å². The standard InChI is InChI=1S/C17H16N2O2/c1-11-6-12(2)8-15(7-11)19-17(20)14(10-18)9-16-5-4-13(3)21-16/h4-9H,1-3H3,(H,19,20)/b14-9+. The number of amides is 1. The second kappa shape index (κ2) is 6.10. The van der Waals surface area contributed by atoms with Crippen molar-refractivity contribution in [1.82, 2.24) is 0 Å². The van der Waals surface area contributed by atoms with Crippen LogP contribution in [0.5, 0.6) is 0 Å². The summed E-state index contributed by atoms with van der Waals surface area (Å²) in [7, 11) is 0. The van der Waals surface area contributed by atoms with Crippen molar-refractivity contribution in [3.05, 3.63) is 58.6 Å². The highest BCUT2D eigenvalue weighted by Gasteiger charge is 2.11. The van der Waals surface area contributed by atoms with Gasteiger partial charge >= 0.3 is 0 Å². The van der Waals surface area contributed by atoms with Gasteiger partial charge in [0.1, 0.15) is 23.2 Å². The fourth-order valence-electron chi connectivity index (χ4n) is 2.07. The Labute approximate surface area is 123 Å². The van der Waals surface area contributed by atoms with Crippen molar-refractivity contribution >= 4 is 17.7 Å². The van der Waals surface area contributed by atoms with Crippen molar-refractivity contribution in [2.75, 3.05) is 5.32 Å². The van der Waals surface area contributed by atoms with Gasteiger partial charge in [0.15, 0.2) is 0 Å². The summed E-state index contributed by atoms with van der Waals surface area (Å²) in [6.07, 6.45) is 1.44. The fourth-order valence-corrected chi connectivity index (χ4v) is 2.07. The maximum Gasteiger partial charge on any atom is 0.266 e. The van der Waals surface area contributed by atoms with Gasteiger partial charge in [-0.15, -0.1) is 0 Å². The average Bonchev–Trinajstić information content (AvgIpc) is 2.80. The van der Waals surface area contributed by atoms with Crippen LogP contribution in [-0.2, 0) is 4.79 Å². The largest absolute Gasteiger partial charge is 0.462 e.